The third kappa shape index (κ3) is 2.99. The van der Waals surface area contributed by atoms with Gasteiger partial charge in [0.1, 0.15) is 5.75 Å². The molecule has 2 rings (SSSR count). The molecule has 1 N–H and O–H groups in total. The van der Waals surface area contributed by atoms with Gasteiger partial charge in [0, 0.05) is 12.5 Å². The molecular weight excluding hydrogens is 214 g/mol. The first-order valence-electron chi connectivity index (χ1n) is 6.18. The third-order valence-electron chi connectivity index (χ3n) is 2.96. The van der Waals surface area contributed by atoms with Crippen molar-refractivity contribution in [2.24, 2.45) is 0 Å². The molecule has 0 radical (unpaired) electrons. The molecule has 0 fully saturated rings. The first-order valence-corrected chi connectivity index (χ1v) is 6.18. The highest BCUT2D eigenvalue weighted by molar-refractivity contribution is 5.77. The largest absolute Gasteiger partial charge is 0.493 e. The maximum Gasteiger partial charge on any atom is 0.220 e. The number of hydrogen-bond donors (Lipinski definition) is 1. The summed E-state index contributed by atoms with van der Waals surface area (Å²) in [6.07, 6.45) is 1.47. The minimum absolute atomic E-state index is 0.127. The van der Waals surface area contributed by atoms with E-state index in [1.807, 2.05) is 32.0 Å². The van der Waals surface area contributed by atoms with Gasteiger partial charge in [-0.25, -0.2) is 0 Å². The molecule has 3 nitrogen and oxygen atoms in total. The van der Waals surface area contributed by atoms with Crippen LogP contribution in [-0.2, 0) is 4.79 Å². The van der Waals surface area contributed by atoms with Gasteiger partial charge >= 0.3 is 0 Å². The van der Waals surface area contributed by atoms with Crippen LogP contribution in [0.1, 0.15) is 38.2 Å². The van der Waals surface area contributed by atoms with E-state index in [9.17, 15) is 4.79 Å². The zero-order valence-corrected chi connectivity index (χ0v) is 10.4. The average molecular weight is 233 g/mol. The molecule has 0 saturated heterocycles. The lowest BCUT2D eigenvalue weighted by atomic mass is 9.90. The smallest absolute Gasteiger partial charge is 0.220 e. The normalized spacial score (nSPS) is 18.4. The lowest BCUT2D eigenvalue weighted by Crippen LogP contribution is -2.32. The van der Waals surface area contributed by atoms with Crippen molar-refractivity contribution in [3.63, 3.8) is 0 Å². The lowest BCUT2D eigenvalue weighted by Gasteiger charge is -2.25. The molecule has 1 aromatic carbocycles. The standard InChI is InChI=1S/C14H19NO2/c1-10(2)15-14(16)9-11-7-8-17-13-6-4-3-5-12(11)13/h3-6,10-11H,7-9H2,1-2H3,(H,15,16). The molecule has 1 aromatic rings. The highest BCUT2D eigenvalue weighted by atomic mass is 16.5. The Morgan fingerprint density at radius 2 is 2.24 bits per heavy atom. The fraction of sp³-hybridized carbons (Fsp3) is 0.500. The number of rotatable bonds is 3. The second kappa shape index (κ2) is 5.21. The Kier molecular flexibility index (Phi) is 3.67. The Morgan fingerprint density at radius 3 is 3.00 bits per heavy atom. The summed E-state index contributed by atoms with van der Waals surface area (Å²) < 4.78 is 5.58. The monoisotopic (exact) mass is 233 g/mol. The fourth-order valence-electron chi connectivity index (χ4n) is 2.23. The number of nitrogens with one attached hydrogen (secondary N) is 1. The molecule has 3 heteroatoms. The van der Waals surface area contributed by atoms with E-state index in [2.05, 4.69) is 11.4 Å². The molecule has 1 unspecified atom stereocenters. The van der Waals surface area contributed by atoms with Crippen LogP contribution in [0, 0.1) is 0 Å². The Morgan fingerprint density at radius 1 is 1.47 bits per heavy atom. The predicted molar refractivity (Wildman–Crippen MR) is 67.2 cm³/mol. The summed E-state index contributed by atoms with van der Waals surface area (Å²) in [4.78, 5) is 11.8. The van der Waals surface area contributed by atoms with Crippen molar-refractivity contribution in [2.45, 2.75) is 38.6 Å². The van der Waals surface area contributed by atoms with Crippen LogP contribution in [0.2, 0.25) is 0 Å². The second-order valence-electron chi connectivity index (χ2n) is 4.80. The number of carbonyl (C=O) groups is 1. The summed E-state index contributed by atoms with van der Waals surface area (Å²) in [5.41, 5.74) is 1.16. The maximum absolute atomic E-state index is 11.8. The van der Waals surface area contributed by atoms with Crippen LogP contribution in [0.25, 0.3) is 0 Å². The van der Waals surface area contributed by atoms with Gasteiger partial charge in [-0.3, -0.25) is 4.79 Å². The van der Waals surface area contributed by atoms with Gasteiger partial charge in [-0.05, 0) is 37.8 Å². The highest BCUT2D eigenvalue weighted by Crippen LogP contribution is 2.35. The van der Waals surface area contributed by atoms with Gasteiger partial charge in [0.2, 0.25) is 5.91 Å². The molecule has 0 spiro atoms. The van der Waals surface area contributed by atoms with Gasteiger partial charge in [0.05, 0.1) is 6.61 Å². The van der Waals surface area contributed by atoms with Gasteiger partial charge in [-0.1, -0.05) is 18.2 Å². The molecule has 1 amide bonds. The molecule has 1 heterocycles. The van der Waals surface area contributed by atoms with E-state index in [1.54, 1.807) is 0 Å². The van der Waals surface area contributed by atoms with Gasteiger partial charge < -0.3 is 10.1 Å². The molecule has 0 saturated carbocycles. The van der Waals surface area contributed by atoms with Crippen LogP contribution >= 0.6 is 0 Å². The quantitative estimate of drug-likeness (QED) is 0.871. The topological polar surface area (TPSA) is 38.3 Å². The molecule has 0 aromatic heterocycles. The van der Waals surface area contributed by atoms with Gasteiger partial charge in [-0.15, -0.1) is 0 Å². The van der Waals surface area contributed by atoms with Gasteiger partial charge in [0.25, 0.3) is 0 Å². The summed E-state index contributed by atoms with van der Waals surface area (Å²) >= 11 is 0. The summed E-state index contributed by atoms with van der Waals surface area (Å²) in [6, 6.07) is 8.21. The predicted octanol–water partition coefficient (Wildman–Crippen LogP) is 2.47. The fourth-order valence-corrected chi connectivity index (χ4v) is 2.23. The molecule has 1 atom stereocenters. The van der Waals surface area contributed by atoms with Crippen molar-refractivity contribution in [2.75, 3.05) is 6.61 Å². The van der Waals surface area contributed by atoms with E-state index in [0.29, 0.717) is 18.9 Å². The van der Waals surface area contributed by atoms with E-state index in [1.165, 1.54) is 0 Å². The van der Waals surface area contributed by atoms with E-state index in [-0.39, 0.29) is 11.9 Å². The SMILES string of the molecule is CC(C)NC(=O)CC1CCOc2ccccc21. The number of hydrogen-bond acceptors (Lipinski definition) is 2. The van der Waals surface area contributed by atoms with Crippen molar-refractivity contribution in [3.05, 3.63) is 29.8 Å². The molecule has 17 heavy (non-hydrogen) atoms. The van der Waals surface area contributed by atoms with E-state index in [4.69, 9.17) is 4.74 Å². The zero-order valence-electron chi connectivity index (χ0n) is 10.4. The summed E-state index contributed by atoms with van der Waals surface area (Å²) in [6.45, 7) is 4.67. The summed E-state index contributed by atoms with van der Waals surface area (Å²) in [5, 5.41) is 2.94. The Hall–Kier alpha value is -1.51. The Bertz CT molecular complexity index is 401. The van der Waals surface area contributed by atoms with Gasteiger partial charge in [-0.2, -0.15) is 0 Å². The van der Waals surface area contributed by atoms with Crippen LogP contribution < -0.4 is 10.1 Å². The van der Waals surface area contributed by atoms with Crippen molar-refractivity contribution >= 4 is 5.91 Å². The van der Waals surface area contributed by atoms with E-state index >= 15 is 0 Å². The number of fused-ring (bicyclic) bond motifs is 1. The molecule has 1 aliphatic rings. The Labute approximate surface area is 102 Å². The van der Waals surface area contributed by atoms with E-state index < -0.39 is 0 Å². The number of amides is 1. The van der Waals surface area contributed by atoms with Crippen LogP contribution in [0.3, 0.4) is 0 Å². The first kappa shape index (κ1) is 12.0. The van der Waals surface area contributed by atoms with Crippen molar-refractivity contribution in [3.8, 4) is 5.75 Å². The van der Waals surface area contributed by atoms with Crippen molar-refractivity contribution in [1.29, 1.82) is 0 Å². The zero-order chi connectivity index (χ0) is 12.3. The number of carbonyl (C=O) groups excluding carboxylic acids is 1. The molecular formula is C14H19NO2. The number of para-hydroxylation sites is 1. The van der Waals surface area contributed by atoms with Crippen LogP contribution in [0.5, 0.6) is 5.75 Å². The number of ether oxygens (including phenoxy) is 1. The second-order valence-corrected chi connectivity index (χ2v) is 4.80. The van der Waals surface area contributed by atoms with E-state index in [0.717, 1.165) is 17.7 Å². The van der Waals surface area contributed by atoms with Gasteiger partial charge in [0.15, 0.2) is 0 Å². The minimum atomic E-state index is 0.127. The Balaban J connectivity index is 2.06. The van der Waals surface area contributed by atoms with Crippen molar-refractivity contribution in [1.82, 2.24) is 5.32 Å². The summed E-state index contributed by atoms with van der Waals surface area (Å²) in [5.74, 6) is 1.35. The molecule has 0 bridgehead atoms. The minimum Gasteiger partial charge on any atom is -0.493 e. The summed E-state index contributed by atoms with van der Waals surface area (Å²) in [7, 11) is 0. The molecule has 92 valence electrons. The van der Waals surface area contributed by atoms with Crippen LogP contribution in [-0.4, -0.2) is 18.6 Å². The maximum atomic E-state index is 11.8. The van der Waals surface area contributed by atoms with Crippen LogP contribution in [0.15, 0.2) is 24.3 Å². The molecule has 0 aliphatic carbocycles. The first-order chi connectivity index (χ1) is 8.16. The molecule has 1 aliphatic heterocycles. The lowest BCUT2D eigenvalue weighted by molar-refractivity contribution is -0.122. The third-order valence-corrected chi connectivity index (χ3v) is 2.96. The van der Waals surface area contributed by atoms with Crippen molar-refractivity contribution < 1.29 is 9.53 Å². The van der Waals surface area contributed by atoms with Crippen LogP contribution in [0.4, 0.5) is 0 Å². The average Bonchev–Trinajstić information content (AvgIpc) is 2.28. The highest BCUT2D eigenvalue weighted by Gasteiger charge is 2.23. The number of benzene rings is 1.